The molecule has 3 heterocycles. The first kappa shape index (κ1) is 25.7. The van der Waals surface area contributed by atoms with Gasteiger partial charge in [-0.15, -0.1) is 0 Å². The van der Waals surface area contributed by atoms with Crippen molar-refractivity contribution in [2.24, 2.45) is 0 Å². The summed E-state index contributed by atoms with van der Waals surface area (Å²) in [5.74, 6) is 0.357. The van der Waals surface area contributed by atoms with E-state index in [-0.39, 0.29) is 11.3 Å². The van der Waals surface area contributed by atoms with Crippen molar-refractivity contribution in [3.05, 3.63) is 77.4 Å². The van der Waals surface area contributed by atoms with E-state index in [4.69, 9.17) is 18.9 Å². The molecule has 9 nitrogen and oxygen atoms in total. The van der Waals surface area contributed by atoms with E-state index in [0.29, 0.717) is 71.2 Å². The number of nitrogens with zero attached hydrogens (tertiary/aromatic N) is 2. The van der Waals surface area contributed by atoms with Crippen molar-refractivity contribution in [3.63, 3.8) is 0 Å². The van der Waals surface area contributed by atoms with Gasteiger partial charge in [-0.3, -0.25) is 14.5 Å². The number of thiazole rings is 1. The molecule has 10 heteroatoms. The van der Waals surface area contributed by atoms with Gasteiger partial charge in [-0.05, 0) is 67.9 Å². The largest absolute Gasteiger partial charge is 0.507 e. The quantitative estimate of drug-likeness (QED) is 0.180. The number of aliphatic hydroxyl groups excluding tert-OH is 1. The molecule has 0 radical (unpaired) electrons. The van der Waals surface area contributed by atoms with Crippen LogP contribution in [-0.4, -0.2) is 48.2 Å². The topological polar surface area (TPSA) is 107 Å². The van der Waals surface area contributed by atoms with Gasteiger partial charge in [0.1, 0.15) is 30.5 Å². The van der Waals surface area contributed by atoms with Crippen molar-refractivity contribution in [3.8, 4) is 23.0 Å². The van der Waals surface area contributed by atoms with Gasteiger partial charge in [0.2, 0.25) is 0 Å². The highest BCUT2D eigenvalue weighted by atomic mass is 32.1. The highest BCUT2D eigenvalue weighted by molar-refractivity contribution is 7.22. The number of hydrogen-bond donors (Lipinski definition) is 1. The third-order valence-corrected chi connectivity index (χ3v) is 7.63. The van der Waals surface area contributed by atoms with E-state index in [9.17, 15) is 14.7 Å². The molecule has 3 aromatic carbocycles. The van der Waals surface area contributed by atoms with Crippen LogP contribution in [0.5, 0.6) is 23.0 Å². The number of amides is 1. The number of Topliss-reactive ketones (excluding diaryl/α,β-unsaturated/α-hetero) is 1. The number of aromatic nitrogens is 1. The smallest absolute Gasteiger partial charge is 0.301 e. The second-order valence-electron chi connectivity index (χ2n) is 9.09. The van der Waals surface area contributed by atoms with E-state index in [1.54, 1.807) is 42.5 Å². The minimum absolute atomic E-state index is 0.0513. The maximum Gasteiger partial charge on any atom is 0.301 e. The van der Waals surface area contributed by atoms with E-state index < -0.39 is 17.7 Å². The molecular weight excluding hydrogens is 532 g/mol. The summed E-state index contributed by atoms with van der Waals surface area (Å²) in [7, 11) is 0. The van der Waals surface area contributed by atoms with E-state index in [1.807, 2.05) is 32.0 Å². The van der Waals surface area contributed by atoms with Crippen LogP contribution < -0.4 is 23.8 Å². The van der Waals surface area contributed by atoms with Crippen LogP contribution in [0.4, 0.5) is 5.13 Å². The lowest BCUT2D eigenvalue weighted by Gasteiger charge is -2.23. The number of ketones is 1. The average Bonchev–Trinajstić information content (AvgIpc) is 3.50. The van der Waals surface area contributed by atoms with Crippen LogP contribution in [0.15, 0.2) is 66.2 Å². The normalized spacial score (nSPS) is 17.9. The monoisotopic (exact) mass is 558 g/mol. The van der Waals surface area contributed by atoms with Gasteiger partial charge < -0.3 is 24.1 Å². The minimum Gasteiger partial charge on any atom is -0.507 e. The molecule has 1 unspecified atom stereocenters. The first-order chi connectivity index (χ1) is 19.5. The van der Waals surface area contributed by atoms with Gasteiger partial charge in [0, 0.05) is 5.56 Å². The van der Waals surface area contributed by atoms with Crippen LogP contribution in [0.1, 0.15) is 31.0 Å². The molecule has 4 aromatic rings. The Morgan fingerprint density at radius 3 is 2.50 bits per heavy atom. The van der Waals surface area contributed by atoms with Gasteiger partial charge >= 0.3 is 5.91 Å². The van der Waals surface area contributed by atoms with E-state index in [0.717, 1.165) is 4.70 Å². The molecule has 1 N–H and O–H groups in total. The van der Waals surface area contributed by atoms with E-state index in [1.165, 1.54) is 16.2 Å². The Balaban J connectivity index is 1.51. The van der Waals surface area contributed by atoms with Crippen LogP contribution in [0.25, 0.3) is 16.0 Å². The predicted octanol–water partition coefficient (Wildman–Crippen LogP) is 5.49. The molecule has 1 aromatic heterocycles. The zero-order chi connectivity index (χ0) is 27.8. The van der Waals surface area contributed by atoms with Crippen molar-refractivity contribution in [1.82, 2.24) is 4.98 Å². The number of carbonyl (C=O) groups is 2. The Kier molecular flexibility index (Phi) is 6.77. The van der Waals surface area contributed by atoms with Gasteiger partial charge in [-0.2, -0.15) is 0 Å². The Morgan fingerprint density at radius 1 is 0.975 bits per heavy atom. The fraction of sp³-hybridized carbons (Fsp3) is 0.233. The molecule has 0 aliphatic carbocycles. The number of hydrogen-bond acceptors (Lipinski definition) is 9. The van der Waals surface area contributed by atoms with Crippen molar-refractivity contribution in [2.75, 3.05) is 31.3 Å². The van der Waals surface area contributed by atoms with E-state index >= 15 is 0 Å². The SMILES string of the molecule is CCOc1cccc(C2/C(=C(/O)c3ccc4c(c3)OCCO4)C(=O)C(=O)N2c2nc3ccc(OCC)cc3s2)c1. The molecule has 1 amide bonds. The van der Waals surface area contributed by atoms with Crippen LogP contribution in [0, 0.1) is 0 Å². The zero-order valence-corrected chi connectivity index (χ0v) is 22.7. The molecule has 6 rings (SSSR count). The van der Waals surface area contributed by atoms with Crippen molar-refractivity contribution < 1.29 is 33.6 Å². The van der Waals surface area contributed by atoms with Crippen LogP contribution in [0.2, 0.25) is 0 Å². The fourth-order valence-corrected chi connectivity index (χ4v) is 5.91. The number of rotatable bonds is 7. The molecule has 0 bridgehead atoms. The number of benzene rings is 3. The molecule has 204 valence electrons. The number of ether oxygens (including phenoxy) is 4. The van der Waals surface area contributed by atoms with Crippen LogP contribution >= 0.6 is 11.3 Å². The summed E-state index contributed by atoms with van der Waals surface area (Å²) in [5, 5.41) is 11.9. The third-order valence-electron chi connectivity index (χ3n) is 6.61. The third kappa shape index (κ3) is 4.50. The van der Waals surface area contributed by atoms with Gasteiger partial charge in [0.15, 0.2) is 16.6 Å². The number of aliphatic hydroxyl groups is 1. The average molecular weight is 559 g/mol. The molecule has 1 atom stereocenters. The standard InChI is InChI=1S/C30H26N2O7S/c1-3-36-19-7-5-6-17(14-19)26-25(27(33)18-8-11-22-23(15-18)39-13-12-38-22)28(34)29(35)32(26)30-31-21-10-9-20(37-4-2)16-24(21)40-30/h5-11,14-16,26,33H,3-4,12-13H2,1-2H3/b27-25-. The van der Waals surface area contributed by atoms with Crippen LogP contribution in [0.3, 0.4) is 0 Å². The lowest BCUT2D eigenvalue weighted by atomic mass is 9.95. The molecule has 2 aliphatic heterocycles. The molecular formula is C30H26N2O7S. The summed E-state index contributed by atoms with van der Waals surface area (Å²) in [5.41, 5.74) is 1.54. The Hall–Kier alpha value is -4.57. The summed E-state index contributed by atoms with van der Waals surface area (Å²) >= 11 is 1.27. The van der Waals surface area contributed by atoms with Crippen molar-refractivity contribution in [1.29, 1.82) is 0 Å². The second kappa shape index (κ2) is 10.5. The summed E-state index contributed by atoms with van der Waals surface area (Å²) < 4.78 is 23.4. The molecule has 1 saturated heterocycles. The van der Waals surface area contributed by atoms with Gasteiger partial charge in [0.25, 0.3) is 5.78 Å². The zero-order valence-electron chi connectivity index (χ0n) is 21.9. The Morgan fingerprint density at radius 2 is 1.73 bits per heavy atom. The summed E-state index contributed by atoms with van der Waals surface area (Å²) in [6, 6.07) is 16.6. The highest BCUT2D eigenvalue weighted by Crippen LogP contribution is 2.46. The maximum atomic E-state index is 13.6. The number of carbonyl (C=O) groups excluding carboxylic acids is 2. The van der Waals surface area contributed by atoms with E-state index in [2.05, 4.69) is 4.98 Å². The maximum absolute atomic E-state index is 13.6. The van der Waals surface area contributed by atoms with Crippen molar-refractivity contribution >= 4 is 44.1 Å². The van der Waals surface area contributed by atoms with Gasteiger partial charge in [0.05, 0.1) is 35.0 Å². The van der Waals surface area contributed by atoms with Crippen molar-refractivity contribution in [2.45, 2.75) is 19.9 Å². The summed E-state index contributed by atoms with van der Waals surface area (Å²) in [4.78, 5) is 33.3. The van der Waals surface area contributed by atoms with Gasteiger partial charge in [-0.1, -0.05) is 23.5 Å². The highest BCUT2D eigenvalue weighted by Gasteiger charge is 2.48. The Bertz CT molecular complexity index is 1660. The molecule has 40 heavy (non-hydrogen) atoms. The first-order valence-electron chi connectivity index (χ1n) is 13.0. The number of fused-ring (bicyclic) bond motifs is 2. The predicted molar refractivity (Wildman–Crippen MR) is 151 cm³/mol. The first-order valence-corrected chi connectivity index (χ1v) is 13.8. The fourth-order valence-electron chi connectivity index (χ4n) is 4.88. The number of anilines is 1. The van der Waals surface area contributed by atoms with Gasteiger partial charge in [-0.25, -0.2) is 4.98 Å². The summed E-state index contributed by atoms with van der Waals surface area (Å²) in [6.45, 7) is 5.53. The Labute approximate surface area is 234 Å². The molecule has 0 spiro atoms. The molecule has 0 saturated carbocycles. The van der Waals surface area contributed by atoms with Crippen LogP contribution in [-0.2, 0) is 9.59 Å². The minimum atomic E-state index is -0.944. The molecule has 2 aliphatic rings. The lowest BCUT2D eigenvalue weighted by Crippen LogP contribution is -2.29. The second-order valence-corrected chi connectivity index (χ2v) is 10.1. The summed E-state index contributed by atoms with van der Waals surface area (Å²) in [6.07, 6.45) is 0. The molecule has 1 fully saturated rings. The lowest BCUT2D eigenvalue weighted by molar-refractivity contribution is -0.132.